The van der Waals surface area contributed by atoms with Crippen LogP contribution in [0.5, 0.6) is 0 Å². The summed E-state index contributed by atoms with van der Waals surface area (Å²) >= 11 is 1.35. The minimum absolute atomic E-state index is 0.0172. The molecule has 1 aliphatic heterocycles. The number of amides is 3. The maximum atomic E-state index is 12.2. The molecular weight excluding hydrogens is 302 g/mol. The molecule has 0 atom stereocenters. The second-order valence-corrected chi connectivity index (χ2v) is 5.73. The second kappa shape index (κ2) is 5.69. The van der Waals surface area contributed by atoms with Gasteiger partial charge in [-0.1, -0.05) is 12.1 Å². The van der Waals surface area contributed by atoms with Gasteiger partial charge in [0, 0.05) is 31.6 Å². The number of benzene rings is 1. The van der Waals surface area contributed by atoms with Crippen molar-refractivity contribution in [3.8, 4) is 0 Å². The number of rotatable bonds is 3. The Labute approximate surface area is 130 Å². The molecule has 112 valence electrons. The molecule has 0 fully saturated rings. The summed E-state index contributed by atoms with van der Waals surface area (Å²) in [6.07, 6.45) is 1.82. The summed E-state index contributed by atoms with van der Waals surface area (Å²) in [6.45, 7) is 0.0454. The van der Waals surface area contributed by atoms with E-state index < -0.39 is 0 Å². The van der Waals surface area contributed by atoms with E-state index in [9.17, 15) is 14.4 Å². The lowest BCUT2D eigenvalue weighted by atomic mass is 10.1. The fraction of sp³-hybridized carbons (Fsp3) is 0.200. The van der Waals surface area contributed by atoms with Crippen molar-refractivity contribution in [2.45, 2.75) is 6.42 Å². The molecule has 3 amide bonds. The van der Waals surface area contributed by atoms with Crippen molar-refractivity contribution in [2.75, 3.05) is 6.54 Å². The Bertz CT molecular complexity index is 799. The Morgan fingerprint density at radius 1 is 1.18 bits per heavy atom. The van der Waals surface area contributed by atoms with Crippen LogP contribution in [0.4, 0.5) is 0 Å². The van der Waals surface area contributed by atoms with Crippen LogP contribution in [0.15, 0.2) is 40.8 Å². The van der Waals surface area contributed by atoms with E-state index in [4.69, 9.17) is 0 Å². The van der Waals surface area contributed by atoms with Crippen LogP contribution >= 0.6 is 11.3 Å². The summed E-state index contributed by atoms with van der Waals surface area (Å²) in [4.78, 5) is 41.9. The van der Waals surface area contributed by atoms with E-state index in [0.717, 1.165) is 4.90 Å². The highest BCUT2D eigenvalue weighted by molar-refractivity contribution is 7.07. The van der Waals surface area contributed by atoms with Gasteiger partial charge in [0.05, 0.1) is 11.1 Å². The van der Waals surface area contributed by atoms with Crippen LogP contribution < -0.4 is 4.80 Å². The topological polar surface area (TPSA) is 71.7 Å². The van der Waals surface area contributed by atoms with Gasteiger partial charge in [0.2, 0.25) is 5.91 Å². The van der Waals surface area contributed by atoms with Gasteiger partial charge in [-0.05, 0) is 12.1 Å². The lowest BCUT2D eigenvalue weighted by Crippen LogP contribution is -2.32. The first kappa shape index (κ1) is 14.4. The molecule has 22 heavy (non-hydrogen) atoms. The quantitative estimate of drug-likeness (QED) is 0.799. The van der Waals surface area contributed by atoms with E-state index >= 15 is 0 Å². The fourth-order valence-electron chi connectivity index (χ4n) is 2.25. The monoisotopic (exact) mass is 315 g/mol. The molecule has 0 unspecified atom stereocenters. The van der Waals surface area contributed by atoms with Crippen LogP contribution in [0, 0.1) is 0 Å². The van der Waals surface area contributed by atoms with E-state index in [0.29, 0.717) is 15.9 Å². The number of nitrogens with zero attached hydrogens (tertiary/aromatic N) is 3. The number of aryl methyl sites for hydroxylation is 1. The lowest BCUT2D eigenvalue weighted by molar-refractivity contribution is -0.118. The predicted octanol–water partition coefficient (Wildman–Crippen LogP) is 1.20. The highest BCUT2D eigenvalue weighted by Crippen LogP contribution is 2.22. The highest BCUT2D eigenvalue weighted by atomic mass is 32.1. The molecule has 2 heterocycles. The van der Waals surface area contributed by atoms with E-state index in [-0.39, 0.29) is 30.7 Å². The minimum Gasteiger partial charge on any atom is -0.327 e. The number of fused-ring (bicyclic) bond motifs is 1. The number of aromatic nitrogens is 1. The molecule has 1 aromatic carbocycles. The van der Waals surface area contributed by atoms with Crippen LogP contribution in [0.1, 0.15) is 27.1 Å². The van der Waals surface area contributed by atoms with Gasteiger partial charge in [-0.15, -0.1) is 11.3 Å². The van der Waals surface area contributed by atoms with Gasteiger partial charge in [0.15, 0.2) is 4.80 Å². The van der Waals surface area contributed by atoms with Crippen LogP contribution in [0.25, 0.3) is 0 Å². The zero-order valence-electron chi connectivity index (χ0n) is 11.9. The van der Waals surface area contributed by atoms with Gasteiger partial charge in [-0.25, -0.2) is 0 Å². The molecule has 0 saturated heterocycles. The minimum atomic E-state index is -0.352. The number of carbonyl (C=O) groups is 3. The van der Waals surface area contributed by atoms with Gasteiger partial charge in [0.1, 0.15) is 0 Å². The summed E-state index contributed by atoms with van der Waals surface area (Å²) < 4.78 is 1.74. The predicted molar refractivity (Wildman–Crippen MR) is 80.3 cm³/mol. The van der Waals surface area contributed by atoms with Crippen molar-refractivity contribution in [3.05, 3.63) is 51.8 Å². The SMILES string of the molecule is Cn1ccsc1=NC(=O)CCN1C(=O)c2ccccc2C1=O. The summed E-state index contributed by atoms with van der Waals surface area (Å²) in [5, 5.41) is 1.83. The number of hydrogen-bond donors (Lipinski definition) is 0. The molecule has 1 aliphatic rings. The van der Waals surface area contributed by atoms with E-state index in [1.54, 1.807) is 42.1 Å². The van der Waals surface area contributed by atoms with Gasteiger partial charge in [-0.2, -0.15) is 4.99 Å². The van der Waals surface area contributed by atoms with Gasteiger partial charge in [-0.3, -0.25) is 19.3 Å². The van der Waals surface area contributed by atoms with E-state index in [2.05, 4.69) is 4.99 Å². The average molecular weight is 315 g/mol. The van der Waals surface area contributed by atoms with Crippen molar-refractivity contribution in [2.24, 2.45) is 12.0 Å². The first-order valence-electron chi connectivity index (χ1n) is 6.71. The summed E-state index contributed by atoms with van der Waals surface area (Å²) in [5.74, 6) is -1.06. The molecule has 3 rings (SSSR count). The maximum Gasteiger partial charge on any atom is 0.261 e. The molecule has 1 aromatic heterocycles. The van der Waals surface area contributed by atoms with Crippen LogP contribution in [-0.4, -0.2) is 33.7 Å². The number of thiazole rings is 1. The molecule has 2 aromatic rings. The Balaban J connectivity index is 1.71. The largest absolute Gasteiger partial charge is 0.327 e. The summed E-state index contributed by atoms with van der Waals surface area (Å²) in [6, 6.07) is 6.66. The second-order valence-electron chi connectivity index (χ2n) is 4.86. The normalized spacial score (nSPS) is 14.6. The summed E-state index contributed by atoms with van der Waals surface area (Å²) in [5.41, 5.74) is 0.781. The highest BCUT2D eigenvalue weighted by Gasteiger charge is 2.34. The summed E-state index contributed by atoms with van der Waals surface area (Å²) in [7, 11) is 1.80. The molecule has 0 N–H and O–H groups in total. The van der Waals surface area contributed by atoms with Crippen LogP contribution in [-0.2, 0) is 11.8 Å². The zero-order chi connectivity index (χ0) is 15.7. The first-order chi connectivity index (χ1) is 10.6. The molecule has 7 heteroatoms. The number of carbonyl (C=O) groups excluding carboxylic acids is 3. The van der Waals surface area contributed by atoms with Gasteiger partial charge < -0.3 is 4.57 Å². The van der Waals surface area contributed by atoms with Crippen molar-refractivity contribution in [1.82, 2.24) is 9.47 Å². The Hall–Kier alpha value is -2.54. The van der Waals surface area contributed by atoms with Gasteiger partial charge >= 0.3 is 0 Å². The van der Waals surface area contributed by atoms with Crippen LogP contribution in [0.3, 0.4) is 0 Å². The molecule has 6 nitrogen and oxygen atoms in total. The molecule has 0 spiro atoms. The smallest absolute Gasteiger partial charge is 0.261 e. The molecule has 0 aliphatic carbocycles. The number of hydrogen-bond acceptors (Lipinski definition) is 4. The average Bonchev–Trinajstić information content (AvgIpc) is 3.01. The zero-order valence-corrected chi connectivity index (χ0v) is 12.7. The van der Waals surface area contributed by atoms with Crippen LogP contribution in [0.2, 0.25) is 0 Å². The third-order valence-electron chi connectivity index (χ3n) is 3.41. The first-order valence-corrected chi connectivity index (χ1v) is 7.59. The van der Waals surface area contributed by atoms with Crippen molar-refractivity contribution in [1.29, 1.82) is 0 Å². The Morgan fingerprint density at radius 2 is 1.82 bits per heavy atom. The van der Waals surface area contributed by atoms with Crippen molar-refractivity contribution >= 4 is 29.1 Å². The Kier molecular flexibility index (Phi) is 3.72. The third kappa shape index (κ3) is 2.50. The van der Waals surface area contributed by atoms with E-state index in [1.165, 1.54) is 11.3 Å². The number of imide groups is 1. The van der Waals surface area contributed by atoms with Gasteiger partial charge in [0.25, 0.3) is 11.8 Å². The van der Waals surface area contributed by atoms with E-state index in [1.807, 2.05) is 5.38 Å². The third-order valence-corrected chi connectivity index (χ3v) is 4.26. The maximum absolute atomic E-state index is 12.2. The Morgan fingerprint density at radius 3 is 2.36 bits per heavy atom. The standard InChI is InChI=1S/C15H13N3O3S/c1-17-8-9-22-15(17)16-12(19)6-7-18-13(20)10-4-2-3-5-11(10)14(18)21/h2-5,8-9H,6-7H2,1H3. The molecular formula is C15H13N3O3S. The molecule has 0 saturated carbocycles. The van der Waals surface area contributed by atoms with Crippen molar-refractivity contribution < 1.29 is 14.4 Å². The lowest BCUT2D eigenvalue weighted by Gasteiger charge is -2.11. The molecule has 0 bridgehead atoms. The van der Waals surface area contributed by atoms with Crippen molar-refractivity contribution in [3.63, 3.8) is 0 Å². The fourth-order valence-corrected chi connectivity index (χ4v) is 2.99. The molecule has 0 radical (unpaired) electrons.